The lowest BCUT2D eigenvalue weighted by Gasteiger charge is -2.29. The van der Waals surface area contributed by atoms with Crippen molar-refractivity contribution in [3.8, 4) is 0 Å². The van der Waals surface area contributed by atoms with Gasteiger partial charge in [-0.2, -0.15) is 0 Å². The van der Waals surface area contributed by atoms with Gasteiger partial charge in [0.2, 0.25) is 5.91 Å². The van der Waals surface area contributed by atoms with Gasteiger partial charge in [0.15, 0.2) is 0 Å². The molecule has 0 N–H and O–H groups in total. The standard InChI is InChI=1S/C16H21ClN2O/c17-14-10-16(20)19(12-14)11-13-4-6-15(7-5-13)18-8-2-1-3-9-18/h4-7,14H,1-3,8-12H2. The number of nitrogens with zero attached hydrogens (tertiary/aromatic N) is 2. The summed E-state index contributed by atoms with van der Waals surface area (Å²) in [4.78, 5) is 16.0. The summed E-state index contributed by atoms with van der Waals surface area (Å²) in [6.45, 7) is 3.69. The number of halogens is 1. The van der Waals surface area contributed by atoms with E-state index in [0.717, 1.165) is 13.1 Å². The number of anilines is 1. The van der Waals surface area contributed by atoms with Crippen molar-refractivity contribution >= 4 is 23.2 Å². The van der Waals surface area contributed by atoms with Crippen LogP contribution in [0.15, 0.2) is 24.3 Å². The van der Waals surface area contributed by atoms with E-state index in [1.54, 1.807) is 0 Å². The molecule has 0 aromatic heterocycles. The smallest absolute Gasteiger partial charge is 0.224 e. The second-order valence-electron chi connectivity index (χ2n) is 5.79. The van der Waals surface area contributed by atoms with E-state index >= 15 is 0 Å². The quantitative estimate of drug-likeness (QED) is 0.800. The Morgan fingerprint density at radius 2 is 1.80 bits per heavy atom. The summed E-state index contributed by atoms with van der Waals surface area (Å²) < 4.78 is 0. The number of amides is 1. The molecule has 1 aromatic carbocycles. The molecule has 0 aliphatic carbocycles. The van der Waals surface area contributed by atoms with Crippen LogP contribution >= 0.6 is 11.6 Å². The van der Waals surface area contributed by atoms with E-state index in [-0.39, 0.29) is 11.3 Å². The molecule has 1 unspecified atom stereocenters. The molecular weight excluding hydrogens is 272 g/mol. The van der Waals surface area contributed by atoms with Crippen LogP contribution in [-0.2, 0) is 11.3 Å². The van der Waals surface area contributed by atoms with Crippen LogP contribution in [0.25, 0.3) is 0 Å². The minimum absolute atomic E-state index is 0.0184. The highest BCUT2D eigenvalue weighted by molar-refractivity contribution is 6.22. The first-order valence-electron chi connectivity index (χ1n) is 7.48. The van der Waals surface area contributed by atoms with Crippen molar-refractivity contribution in [3.63, 3.8) is 0 Å². The number of alkyl halides is 1. The van der Waals surface area contributed by atoms with Crippen molar-refractivity contribution in [2.45, 2.75) is 37.6 Å². The molecule has 1 aromatic rings. The van der Waals surface area contributed by atoms with E-state index < -0.39 is 0 Å². The second kappa shape index (κ2) is 6.04. The molecule has 2 heterocycles. The number of benzene rings is 1. The molecular formula is C16H21ClN2O. The first-order chi connectivity index (χ1) is 9.72. The zero-order chi connectivity index (χ0) is 13.9. The van der Waals surface area contributed by atoms with Gasteiger partial charge in [0, 0.05) is 38.3 Å². The summed E-state index contributed by atoms with van der Waals surface area (Å²) in [5, 5.41) is -0.0184. The Morgan fingerprint density at radius 3 is 2.40 bits per heavy atom. The SMILES string of the molecule is O=C1CC(Cl)CN1Cc1ccc(N2CCCCC2)cc1. The molecule has 4 heteroatoms. The summed E-state index contributed by atoms with van der Waals surface area (Å²) >= 11 is 6.03. The number of carbonyl (C=O) groups excluding carboxylic acids is 1. The van der Waals surface area contributed by atoms with E-state index in [4.69, 9.17) is 11.6 Å². The Bertz CT molecular complexity index is 468. The van der Waals surface area contributed by atoms with Crippen molar-refractivity contribution in [1.82, 2.24) is 4.90 Å². The molecule has 20 heavy (non-hydrogen) atoms. The number of rotatable bonds is 3. The average Bonchev–Trinajstić information content (AvgIpc) is 2.79. The minimum Gasteiger partial charge on any atom is -0.372 e. The predicted molar refractivity (Wildman–Crippen MR) is 82.2 cm³/mol. The van der Waals surface area contributed by atoms with Crippen LogP contribution in [0.3, 0.4) is 0 Å². The van der Waals surface area contributed by atoms with Crippen molar-refractivity contribution in [3.05, 3.63) is 29.8 Å². The summed E-state index contributed by atoms with van der Waals surface area (Å²) in [5.74, 6) is 0.171. The minimum atomic E-state index is -0.0184. The van der Waals surface area contributed by atoms with E-state index in [1.807, 2.05) is 4.90 Å². The molecule has 2 aliphatic rings. The number of carbonyl (C=O) groups is 1. The number of piperidine rings is 1. The molecule has 0 bridgehead atoms. The van der Waals surface area contributed by atoms with Crippen LogP contribution < -0.4 is 4.90 Å². The summed E-state index contributed by atoms with van der Waals surface area (Å²) in [6.07, 6.45) is 4.42. The number of hydrogen-bond donors (Lipinski definition) is 0. The van der Waals surface area contributed by atoms with E-state index in [2.05, 4.69) is 29.2 Å². The largest absolute Gasteiger partial charge is 0.372 e. The van der Waals surface area contributed by atoms with Gasteiger partial charge in [-0.25, -0.2) is 0 Å². The van der Waals surface area contributed by atoms with E-state index in [1.165, 1.54) is 30.5 Å². The van der Waals surface area contributed by atoms with Gasteiger partial charge in [-0.3, -0.25) is 4.79 Å². The normalized spacial score (nSPS) is 23.4. The monoisotopic (exact) mass is 292 g/mol. The van der Waals surface area contributed by atoms with Gasteiger partial charge in [-0.15, -0.1) is 11.6 Å². The van der Waals surface area contributed by atoms with Crippen molar-refractivity contribution < 1.29 is 4.79 Å². The third kappa shape index (κ3) is 3.09. The van der Waals surface area contributed by atoms with Gasteiger partial charge < -0.3 is 9.80 Å². The molecule has 1 amide bonds. The first-order valence-corrected chi connectivity index (χ1v) is 7.92. The fraction of sp³-hybridized carbons (Fsp3) is 0.562. The average molecular weight is 293 g/mol. The summed E-state index contributed by atoms with van der Waals surface area (Å²) in [7, 11) is 0. The van der Waals surface area contributed by atoms with Gasteiger partial charge >= 0.3 is 0 Å². The Kier molecular flexibility index (Phi) is 4.16. The maximum absolute atomic E-state index is 11.7. The van der Waals surface area contributed by atoms with Gasteiger partial charge in [0.1, 0.15) is 0 Å². The highest BCUT2D eigenvalue weighted by Gasteiger charge is 2.27. The predicted octanol–water partition coefficient (Wildman–Crippen LogP) is 3.02. The fourth-order valence-electron chi connectivity index (χ4n) is 3.06. The van der Waals surface area contributed by atoms with Gasteiger partial charge in [0.25, 0.3) is 0 Å². The van der Waals surface area contributed by atoms with Crippen LogP contribution in [0.1, 0.15) is 31.2 Å². The van der Waals surface area contributed by atoms with Crippen LogP contribution in [0.2, 0.25) is 0 Å². The maximum atomic E-state index is 11.7. The zero-order valence-corrected chi connectivity index (χ0v) is 12.5. The van der Waals surface area contributed by atoms with Crippen molar-refractivity contribution in [1.29, 1.82) is 0 Å². The third-order valence-electron chi connectivity index (χ3n) is 4.20. The van der Waals surface area contributed by atoms with Crippen LogP contribution in [0.4, 0.5) is 5.69 Å². The molecule has 1 atom stereocenters. The second-order valence-corrected chi connectivity index (χ2v) is 6.41. The Labute approximate surface area is 125 Å². The van der Waals surface area contributed by atoms with Gasteiger partial charge in [-0.1, -0.05) is 12.1 Å². The lowest BCUT2D eigenvalue weighted by molar-refractivity contribution is -0.128. The molecule has 0 radical (unpaired) electrons. The highest BCUT2D eigenvalue weighted by Crippen LogP contribution is 2.22. The van der Waals surface area contributed by atoms with Crippen LogP contribution in [-0.4, -0.2) is 35.8 Å². The fourth-order valence-corrected chi connectivity index (χ4v) is 3.36. The molecule has 2 fully saturated rings. The van der Waals surface area contributed by atoms with Crippen molar-refractivity contribution in [2.24, 2.45) is 0 Å². The Hall–Kier alpha value is -1.22. The van der Waals surface area contributed by atoms with Gasteiger partial charge in [-0.05, 0) is 37.0 Å². The first kappa shape index (κ1) is 13.7. The van der Waals surface area contributed by atoms with Gasteiger partial charge in [0.05, 0.1) is 5.38 Å². The summed E-state index contributed by atoms with van der Waals surface area (Å²) in [5.41, 5.74) is 2.49. The van der Waals surface area contributed by atoms with Crippen molar-refractivity contribution in [2.75, 3.05) is 24.5 Å². The molecule has 3 nitrogen and oxygen atoms in total. The Balaban J connectivity index is 1.62. The summed E-state index contributed by atoms with van der Waals surface area (Å²) in [6, 6.07) is 8.64. The van der Waals surface area contributed by atoms with E-state index in [9.17, 15) is 4.79 Å². The molecule has 3 rings (SSSR count). The molecule has 0 spiro atoms. The maximum Gasteiger partial charge on any atom is 0.224 e. The lowest BCUT2D eigenvalue weighted by atomic mass is 10.1. The molecule has 108 valence electrons. The topological polar surface area (TPSA) is 23.6 Å². The van der Waals surface area contributed by atoms with Crippen LogP contribution in [0, 0.1) is 0 Å². The zero-order valence-electron chi connectivity index (χ0n) is 11.7. The number of hydrogen-bond acceptors (Lipinski definition) is 2. The van der Waals surface area contributed by atoms with E-state index in [0.29, 0.717) is 19.5 Å². The lowest BCUT2D eigenvalue weighted by Crippen LogP contribution is -2.29. The Morgan fingerprint density at radius 1 is 1.10 bits per heavy atom. The molecule has 2 aliphatic heterocycles. The number of likely N-dealkylation sites (tertiary alicyclic amines) is 1. The highest BCUT2D eigenvalue weighted by atomic mass is 35.5. The third-order valence-corrected chi connectivity index (χ3v) is 4.49. The van der Waals surface area contributed by atoms with Crippen LogP contribution in [0.5, 0.6) is 0 Å². The molecule has 2 saturated heterocycles. The molecule has 0 saturated carbocycles.